The van der Waals surface area contributed by atoms with Crippen LogP contribution in [0.4, 0.5) is 0 Å². The van der Waals surface area contributed by atoms with E-state index in [1.54, 1.807) is 0 Å². The highest BCUT2D eigenvalue weighted by molar-refractivity contribution is 6.35. The molecule has 1 fully saturated rings. The highest BCUT2D eigenvalue weighted by Crippen LogP contribution is 2.30. The number of fused-ring (bicyclic) bond motifs is 1. The standard InChI is InChI=1S/C14H18ClN3/c1-2-8-18-13-11(15)4-3-5-12(13)17-14(18)10-6-7-16-9-10/h3-5,10,16H,2,6-9H2,1H3. The third-order valence-electron chi connectivity index (χ3n) is 3.62. The summed E-state index contributed by atoms with van der Waals surface area (Å²) in [7, 11) is 0. The first-order valence-electron chi connectivity index (χ1n) is 6.66. The van der Waals surface area contributed by atoms with Crippen molar-refractivity contribution in [1.29, 1.82) is 0 Å². The van der Waals surface area contributed by atoms with E-state index in [1.165, 1.54) is 12.2 Å². The first-order valence-corrected chi connectivity index (χ1v) is 7.04. The number of benzene rings is 1. The highest BCUT2D eigenvalue weighted by Gasteiger charge is 2.23. The van der Waals surface area contributed by atoms with Crippen molar-refractivity contribution in [2.24, 2.45) is 0 Å². The molecular weight excluding hydrogens is 246 g/mol. The maximum Gasteiger partial charge on any atom is 0.114 e. The fraction of sp³-hybridized carbons (Fsp3) is 0.500. The fourth-order valence-electron chi connectivity index (χ4n) is 2.80. The summed E-state index contributed by atoms with van der Waals surface area (Å²) in [5, 5.41) is 4.22. The summed E-state index contributed by atoms with van der Waals surface area (Å²) in [5.41, 5.74) is 2.13. The molecule has 2 heterocycles. The SMILES string of the molecule is CCCn1c(C2CCNC2)nc2cccc(Cl)c21. The van der Waals surface area contributed by atoms with Crippen LogP contribution in [0.1, 0.15) is 31.5 Å². The zero-order chi connectivity index (χ0) is 12.5. The molecule has 1 aliphatic heterocycles. The summed E-state index contributed by atoms with van der Waals surface area (Å²) in [6, 6.07) is 5.98. The van der Waals surface area contributed by atoms with E-state index in [4.69, 9.17) is 16.6 Å². The van der Waals surface area contributed by atoms with Gasteiger partial charge in [0, 0.05) is 19.0 Å². The molecule has 1 aromatic heterocycles. The molecule has 4 heteroatoms. The van der Waals surface area contributed by atoms with Gasteiger partial charge in [-0.05, 0) is 31.5 Å². The van der Waals surface area contributed by atoms with E-state index in [0.29, 0.717) is 5.92 Å². The summed E-state index contributed by atoms with van der Waals surface area (Å²) in [6.45, 7) is 5.31. The molecule has 0 bridgehead atoms. The van der Waals surface area contributed by atoms with Gasteiger partial charge in [0.2, 0.25) is 0 Å². The highest BCUT2D eigenvalue weighted by atomic mass is 35.5. The number of hydrogen-bond donors (Lipinski definition) is 1. The minimum atomic E-state index is 0.528. The minimum absolute atomic E-state index is 0.528. The van der Waals surface area contributed by atoms with Crippen molar-refractivity contribution >= 4 is 22.6 Å². The Labute approximate surface area is 112 Å². The van der Waals surface area contributed by atoms with Gasteiger partial charge in [-0.2, -0.15) is 0 Å². The fourth-order valence-corrected chi connectivity index (χ4v) is 3.07. The molecule has 1 unspecified atom stereocenters. The lowest BCUT2D eigenvalue weighted by molar-refractivity contribution is 0.601. The van der Waals surface area contributed by atoms with Crippen molar-refractivity contribution in [2.45, 2.75) is 32.2 Å². The summed E-state index contributed by atoms with van der Waals surface area (Å²) in [4.78, 5) is 4.81. The number of imidazole rings is 1. The normalized spacial score (nSPS) is 19.8. The van der Waals surface area contributed by atoms with Gasteiger partial charge >= 0.3 is 0 Å². The Morgan fingerprint density at radius 2 is 2.39 bits per heavy atom. The number of aromatic nitrogens is 2. The smallest absolute Gasteiger partial charge is 0.114 e. The van der Waals surface area contributed by atoms with Crippen molar-refractivity contribution in [1.82, 2.24) is 14.9 Å². The van der Waals surface area contributed by atoms with Crippen LogP contribution in [0, 0.1) is 0 Å². The van der Waals surface area contributed by atoms with Crippen LogP contribution >= 0.6 is 11.6 Å². The van der Waals surface area contributed by atoms with E-state index in [0.717, 1.165) is 42.1 Å². The van der Waals surface area contributed by atoms with E-state index in [1.807, 2.05) is 12.1 Å². The number of hydrogen-bond acceptors (Lipinski definition) is 2. The monoisotopic (exact) mass is 263 g/mol. The summed E-state index contributed by atoms with van der Waals surface area (Å²) < 4.78 is 2.31. The Bertz CT molecular complexity index is 555. The number of nitrogens with one attached hydrogen (secondary N) is 1. The first kappa shape index (κ1) is 12.0. The lowest BCUT2D eigenvalue weighted by Gasteiger charge is -2.12. The Hall–Kier alpha value is -1.06. The molecule has 96 valence electrons. The average Bonchev–Trinajstić information content (AvgIpc) is 2.97. The maximum atomic E-state index is 6.34. The molecule has 0 amide bonds. The average molecular weight is 264 g/mol. The lowest BCUT2D eigenvalue weighted by Crippen LogP contribution is -2.12. The van der Waals surface area contributed by atoms with Gasteiger partial charge in [0.25, 0.3) is 0 Å². The van der Waals surface area contributed by atoms with Crippen LogP contribution in [-0.4, -0.2) is 22.6 Å². The zero-order valence-electron chi connectivity index (χ0n) is 10.6. The van der Waals surface area contributed by atoms with E-state index in [-0.39, 0.29) is 0 Å². The quantitative estimate of drug-likeness (QED) is 0.922. The van der Waals surface area contributed by atoms with Crippen molar-refractivity contribution in [3.63, 3.8) is 0 Å². The van der Waals surface area contributed by atoms with Gasteiger partial charge in [0.1, 0.15) is 5.82 Å². The Kier molecular flexibility index (Phi) is 3.27. The van der Waals surface area contributed by atoms with Crippen molar-refractivity contribution in [2.75, 3.05) is 13.1 Å². The van der Waals surface area contributed by atoms with Gasteiger partial charge in [-0.3, -0.25) is 0 Å². The minimum Gasteiger partial charge on any atom is -0.327 e. The van der Waals surface area contributed by atoms with Crippen molar-refractivity contribution < 1.29 is 0 Å². The Morgan fingerprint density at radius 3 is 3.11 bits per heavy atom. The largest absolute Gasteiger partial charge is 0.327 e. The van der Waals surface area contributed by atoms with Gasteiger partial charge in [-0.25, -0.2) is 4.98 Å². The molecule has 1 atom stereocenters. The lowest BCUT2D eigenvalue weighted by atomic mass is 10.1. The van der Waals surface area contributed by atoms with E-state index in [2.05, 4.69) is 22.9 Å². The van der Waals surface area contributed by atoms with E-state index in [9.17, 15) is 0 Å². The molecule has 1 aliphatic rings. The molecule has 1 saturated heterocycles. The van der Waals surface area contributed by atoms with Crippen LogP contribution in [0.2, 0.25) is 5.02 Å². The molecule has 0 saturated carbocycles. The molecule has 1 N–H and O–H groups in total. The molecule has 2 aromatic rings. The maximum absolute atomic E-state index is 6.34. The third kappa shape index (κ3) is 1.91. The Balaban J connectivity index is 2.17. The predicted molar refractivity (Wildman–Crippen MR) is 75.3 cm³/mol. The second kappa shape index (κ2) is 4.90. The van der Waals surface area contributed by atoms with Crippen molar-refractivity contribution in [3.8, 4) is 0 Å². The van der Waals surface area contributed by atoms with Crippen LogP contribution in [-0.2, 0) is 6.54 Å². The molecule has 3 nitrogen and oxygen atoms in total. The van der Waals surface area contributed by atoms with Crippen LogP contribution in [0.3, 0.4) is 0 Å². The van der Waals surface area contributed by atoms with Gasteiger partial charge in [0.15, 0.2) is 0 Å². The van der Waals surface area contributed by atoms with Crippen molar-refractivity contribution in [3.05, 3.63) is 29.0 Å². The Morgan fingerprint density at radius 1 is 1.50 bits per heavy atom. The summed E-state index contributed by atoms with van der Waals surface area (Å²) in [5.74, 6) is 1.73. The molecule has 0 spiro atoms. The number of rotatable bonds is 3. The van der Waals surface area contributed by atoms with E-state index < -0.39 is 0 Å². The van der Waals surface area contributed by atoms with Crippen LogP contribution in [0.15, 0.2) is 18.2 Å². The third-order valence-corrected chi connectivity index (χ3v) is 3.92. The number of nitrogens with zero attached hydrogens (tertiary/aromatic N) is 2. The second-order valence-corrected chi connectivity index (χ2v) is 5.33. The van der Waals surface area contributed by atoms with Gasteiger partial charge in [-0.15, -0.1) is 0 Å². The van der Waals surface area contributed by atoms with Gasteiger partial charge in [-0.1, -0.05) is 24.6 Å². The molecular formula is C14H18ClN3. The topological polar surface area (TPSA) is 29.9 Å². The summed E-state index contributed by atoms with van der Waals surface area (Å²) in [6.07, 6.45) is 2.27. The van der Waals surface area contributed by atoms with Crippen LogP contribution < -0.4 is 5.32 Å². The zero-order valence-corrected chi connectivity index (χ0v) is 11.4. The van der Waals surface area contributed by atoms with Gasteiger partial charge < -0.3 is 9.88 Å². The first-order chi connectivity index (χ1) is 8.81. The number of aryl methyl sites for hydroxylation is 1. The van der Waals surface area contributed by atoms with Gasteiger partial charge in [0.05, 0.1) is 16.1 Å². The molecule has 3 rings (SSSR count). The van der Waals surface area contributed by atoms with E-state index >= 15 is 0 Å². The molecule has 0 radical (unpaired) electrons. The number of halogens is 1. The molecule has 18 heavy (non-hydrogen) atoms. The molecule has 0 aliphatic carbocycles. The van der Waals surface area contributed by atoms with Crippen LogP contribution in [0.5, 0.6) is 0 Å². The van der Waals surface area contributed by atoms with Crippen LogP contribution in [0.25, 0.3) is 11.0 Å². The molecule has 1 aromatic carbocycles. The second-order valence-electron chi connectivity index (χ2n) is 4.92. The summed E-state index contributed by atoms with van der Waals surface area (Å²) >= 11 is 6.34. The predicted octanol–water partition coefficient (Wildman–Crippen LogP) is 3.18. The number of para-hydroxylation sites is 1.